The number of para-hydroxylation sites is 2. The molecule has 0 fully saturated rings. The Morgan fingerprint density at radius 2 is 1.44 bits per heavy atom. The predicted molar refractivity (Wildman–Crippen MR) is 112 cm³/mol. The molecular weight excluding hydrogens is 358 g/mol. The highest BCUT2D eigenvalue weighted by Crippen LogP contribution is 2.23. The first-order chi connectivity index (χ1) is 13.2. The topological polar surface area (TPSA) is 62.4 Å². The summed E-state index contributed by atoms with van der Waals surface area (Å²) in [7, 11) is 0. The van der Waals surface area contributed by atoms with Gasteiger partial charge in [-0.1, -0.05) is 42.5 Å². The van der Waals surface area contributed by atoms with E-state index in [0.29, 0.717) is 5.75 Å². The number of hydrogen-bond acceptors (Lipinski definition) is 4. The minimum atomic E-state index is -0.229. The lowest BCUT2D eigenvalue weighted by Gasteiger charge is -2.12. The third kappa shape index (κ3) is 6.13. The van der Waals surface area contributed by atoms with E-state index in [0.717, 1.165) is 17.1 Å². The molecule has 0 aliphatic rings. The molecule has 0 bridgehead atoms. The molecule has 0 atom stereocenters. The highest BCUT2D eigenvalue weighted by atomic mass is 32.1. The van der Waals surface area contributed by atoms with Crippen molar-refractivity contribution in [1.82, 2.24) is 5.32 Å². The van der Waals surface area contributed by atoms with Gasteiger partial charge in [-0.05, 0) is 48.6 Å². The van der Waals surface area contributed by atoms with Crippen molar-refractivity contribution in [3.8, 4) is 11.5 Å². The van der Waals surface area contributed by atoms with Crippen LogP contribution in [0.15, 0.2) is 84.9 Å². The molecule has 0 aromatic heterocycles. The van der Waals surface area contributed by atoms with Gasteiger partial charge in [0.05, 0.1) is 6.54 Å². The van der Waals surface area contributed by atoms with Crippen LogP contribution in [0.3, 0.4) is 0 Å². The largest absolute Gasteiger partial charge is 0.457 e. The van der Waals surface area contributed by atoms with Crippen molar-refractivity contribution in [2.45, 2.75) is 0 Å². The van der Waals surface area contributed by atoms with E-state index >= 15 is 0 Å². The van der Waals surface area contributed by atoms with Crippen LogP contribution >= 0.6 is 12.2 Å². The Kier molecular flexibility index (Phi) is 6.38. The Morgan fingerprint density at radius 1 is 0.815 bits per heavy atom. The summed E-state index contributed by atoms with van der Waals surface area (Å²) < 4.78 is 5.79. The molecule has 3 N–H and O–H groups in total. The quantitative estimate of drug-likeness (QED) is 0.556. The molecule has 5 nitrogen and oxygen atoms in total. The molecule has 0 spiro atoms. The molecule has 1 amide bonds. The summed E-state index contributed by atoms with van der Waals surface area (Å²) in [6, 6.07) is 26.4. The Labute approximate surface area is 163 Å². The molecule has 0 saturated carbocycles. The van der Waals surface area contributed by atoms with E-state index in [1.165, 1.54) is 0 Å². The van der Waals surface area contributed by atoms with Crippen LogP contribution in [0.2, 0.25) is 0 Å². The number of anilines is 2. The number of thiocarbonyl (C=S) groups is 1. The molecule has 3 aromatic carbocycles. The fourth-order valence-corrected chi connectivity index (χ4v) is 2.57. The van der Waals surface area contributed by atoms with Gasteiger partial charge in [-0.3, -0.25) is 4.79 Å². The third-order valence-electron chi connectivity index (χ3n) is 3.55. The van der Waals surface area contributed by atoms with Gasteiger partial charge in [0, 0.05) is 17.4 Å². The van der Waals surface area contributed by atoms with Crippen molar-refractivity contribution in [3.05, 3.63) is 84.9 Å². The fourth-order valence-electron chi connectivity index (χ4n) is 2.33. The van der Waals surface area contributed by atoms with E-state index in [4.69, 9.17) is 17.0 Å². The standard InChI is InChI=1S/C21H19N3O2S/c25-20(15-22-16-8-3-1-4-9-16)24-21(27)23-17-10-7-13-19(14-17)26-18-11-5-2-6-12-18/h1-14,22H,15H2,(H2,23,24,25,27). The number of benzene rings is 3. The van der Waals surface area contributed by atoms with E-state index in [9.17, 15) is 4.79 Å². The van der Waals surface area contributed by atoms with Crippen LogP contribution in [0.5, 0.6) is 11.5 Å². The van der Waals surface area contributed by atoms with Gasteiger partial charge in [0.2, 0.25) is 5.91 Å². The molecule has 6 heteroatoms. The molecule has 27 heavy (non-hydrogen) atoms. The fraction of sp³-hybridized carbons (Fsp3) is 0.0476. The summed E-state index contributed by atoms with van der Waals surface area (Å²) in [4.78, 5) is 12.0. The molecule has 0 unspecified atom stereocenters. The van der Waals surface area contributed by atoms with Crippen molar-refractivity contribution in [2.75, 3.05) is 17.2 Å². The van der Waals surface area contributed by atoms with Gasteiger partial charge in [0.1, 0.15) is 11.5 Å². The van der Waals surface area contributed by atoms with Crippen molar-refractivity contribution in [2.24, 2.45) is 0 Å². The third-order valence-corrected chi connectivity index (χ3v) is 3.75. The normalized spacial score (nSPS) is 9.93. The number of carbonyl (C=O) groups is 1. The molecule has 0 heterocycles. The molecule has 0 aliphatic heterocycles. The second-order valence-electron chi connectivity index (χ2n) is 5.66. The van der Waals surface area contributed by atoms with Crippen LogP contribution < -0.4 is 20.7 Å². The van der Waals surface area contributed by atoms with E-state index < -0.39 is 0 Å². The van der Waals surface area contributed by atoms with Gasteiger partial charge in [-0.15, -0.1) is 0 Å². The van der Waals surface area contributed by atoms with E-state index in [-0.39, 0.29) is 17.6 Å². The van der Waals surface area contributed by atoms with Crippen molar-refractivity contribution in [1.29, 1.82) is 0 Å². The van der Waals surface area contributed by atoms with E-state index in [1.807, 2.05) is 84.9 Å². The molecular formula is C21H19N3O2S. The number of ether oxygens (including phenoxy) is 1. The number of nitrogens with one attached hydrogen (secondary N) is 3. The van der Waals surface area contributed by atoms with E-state index in [2.05, 4.69) is 16.0 Å². The molecule has 0 aliphatic carbocycles. The summed E-state index contributed by atoms with van der Waals surface area (Å²) in [6.45, 7) is 0.128. The first-order valence-electron chi connectivity index (χ1n) is 8.42. The van der Waals surface area contributed by atoms with Crippen LogP contribution in [-0.2, 0) is 4.79 Å². The van der Waals surface area contributed by atoms with Crippen LogP contribution in [0.1, 0.15) is 0 Å². The summed E-state index contributed by atoms with van der Waals surface area (Å²) in [6.07, 6.45) is 0. The summed E-state index contributed by atoms with van der Waals surface area (Å²) >= 11 is 5.20. The van der Waals surface area contributed by atoms with Crippen molar-refractivity contribution in [3.63, 3.8) is 0 Å². The monoisotopic (exact) mass is 377 g/mol. The van der Waals surface area contributed by atoms with Gasteiger partial charge in [-0.25, -0.2) is 0 Å². The van der Waals surface area contributed by atoms with Crippen LogP contribution in [0.25, 0.3) is 0 Å². The average Bonchev–Trinajstić information content (AvgIpc) is 2.68. The van der Waals surface area contributed by atoms with Crippen molar-refractivity contribution >= 4 is 34.6 Å². The maximum absolute atomic E-state index is 12.0. The van der Waals surface area contributed by atoms with Gasteiger partial charge in [0.15, 0.2) is 5.11 Å². The van der Waals surface area contributed by atoms with Crippen LogP contribution in [0, 0.1) is 0 Å². The zero-order valence-corrected chi connectivity index (χ0v) is 15.3. The molecule has 136 valence electrons. The second kappa shape index (κ2) is 9.35. The lowest BCUT2D eigenvalue weighted by Crippen LogP contribution is -2.37. The van der Waals surface area contributed by atoms with Gasteiger partial charge >= 0.3 is 0 Å². The predicted octanol–water partition coefficient (Wildman–Crippen LogP) is 4.40. The zero-order valence-electron chi connectivity index (χ0n) is 14.5. The summed E-state index contributed by atoms with van der Waals surface area (Å²) in [5.41, 5.74) is 1.60. The first kappa shape index (κ1) is 18.4. The SMILES string of the molecule is O=C(CNc1ccccc1)NC(=S)Nc1cccc(Oc2ccccc2)c1. The number of amides is 1. The maximum Gasteiger partial charge on any atom is 0.245 e. The summed E-state index contributed by atoms with van der Waals surface area (Å²) in [5, 5.41) is 8.89. The smallest absolute Gasteiger partial charge is 0.245 e. The molecule has 3 rings (SSSR count). The minimum Gasteiger partial charge on any atom is -0.457 e. The van der Waals surface area contributed by atoms with Crippen LogP contribution in [-0.4, -0.2) is 17.6 Å². The Bertz CT molecular complexity index is 902. The van der Waals surface area contributed by atoms with Gasteiger partial charge < -0.3 is 20.7 Å². The Balaban J connectivity index is 1.50. The molecule has 0 saturated heterocycles. The summed E-state index contributed by atoms with van der Waals surface area (Å²) in [5.74, 6) is 1.19. The number of carbonyl (C=O) groups excluding carboxylic acids is 1. The molecule has 0 radical (unpaired) electrons. The Morgan fingerprint density at radius 3 is 2.19 bits per heavy atom. The Hall–Kier alpha value is -3.38. The molecule has 3 aromatic rings. The van der Waals surface area contributed by atoms with Gasteiger partial charge in [0.25, 0.3) is 0 Å². The highest BCUT2D eigenvalue weighted by molar-refractivity contribution is 7.80. The maximum atomic E-state index is 12.0. The number of hydrogen-bond donors (Lipinski definition) is 3. The van der Waals surface area contributed by atoms with Crippen LogP contribution in [0.4, 0.5) is 11.4 Å². The highest BCUT2D eigenvalue weighted by Gasteiger charge is 2.06. The van der Waals surface area contributed by atoms with E-state index in [1.54, 1.807) is 0 Å². The lowest BCUT2D eigenvalue weighted by molar-refractivity contribution is -0.117. The lowest BCUT2D eigenvalue weighted by atomic mass is 10.3. The second-order valence-corrected chi connectivity index (χ2v) is 6.07. The minimum absolute atomic E-state index is 0.128. The van der Waals surface area contributed by atoms with Crippen molar-refractivity contribution < 1.29 is 9.53 Å². The average molecular weight is 377 g/mol. The number of rotatable bonds is 6. The zero-order chi connectivity index (χ0) is 18.9. The van der Waals surface area contributed by atoms with Gasteiger partial charge in [-0.2, -0.15) is 0 Å². The first-order valence-corrected chi connectivity index (χ1v) is 8.82.